The molecule has 0 heterocycles. The Bertz CT molecular complexity index is 357. The van der Waals surface area contributed by atoms with Crippen LogP contribution in [0.5, 0.6) is 5.75 Å². The van der Waals surface area contributed by atoms with Crippen LogP contribution in [0.4, 0.5) is 0 Å². The first-order chi connectivity index (χ1) is 7.69. The molecule has 1 rings (SSSR count). The predicted molar refractivity (Wildman–Crippen MR) is 67.1 cm³/mol. The van der Waals surface area contributed by atoms with Gasteiger partial charge in [0.1, 0.15) is 5.75 Å². The molecule has 0 saturated heterocycles. The molecule has 0 amide bonds. The van der Waals surface area contributed by atoms with Crippen LogP contribution in [0.1, 0.15) is 32.4 Å². The van der Waals surface area contributed by atoms with E-state index < -0.39 is 0 Å². The maximum Gasteiger partial charge on any atom is 0.124 e. The van der Waals surface area contributed by atoms with Gasteiger partial charge in [0.2, 0.25) is 0 Å². The number of para-hydroxylation sites is 1. The van der Waals surface area contributed by atoms with E-state index in [0.29, 0.717) is 6.61 Å². The summed E-state index contributed by atoms with van der Waals surface area (Å²) in [5.41, 5.74) is 5.07. The Morgan fingerprint density at radius 3 is 2.69 bits per heavy atom. The molecule has 3 heteroatoms. The zero-order valence-corrected chi connectivity index (χ0v) is 10.2. The molecule has 1 aromatic carbocycles. The lowest BCUT2D eigenvalue weighted by atomic mass is 10.0. The fourth-order valence-electron chi connectivity index (χ4n) is 1.59. The molecule has 0 spiro atoms. The summed E-state index contributed by atoms with van der Waals surface area (Å²) >= 11 is 0. The van der Waals surface area contributed by atoms with Crippen molar-refractivity contribution in [2.24, 2.45) is 5.84 Å². The lowest BCUT2D eigenvalue weighted by Crippen LogP contribution is -2.27. The van der Waals surface area contributed by atoms with Gasteiger partial charge in [0, 0.05) is 5.56 Å². The van der Waals surface area contributed by atoms with Crippen LogP contribution < -0.4 is 16.0 Å². The molecule has 3 nitrogen and oxygen atoms in total. The van der Waals surface area contributed by atoms with Gasteiger partial charge in [0.15, 0.2) is 0 Å². The molecule has 0 aromatic heterocycles. The third kappa shape index (κ3) is 3.36. The summed E-state index contributed by atoms with van der Waals surface area (Å²) in [5.74, 6) is 6.45. The van der Waals surface area contributed by atoms with E-state index in [-0.39, 0.29) is 6.04 Å². The highest BCUT2D eigenvalue weighted by molar-refractivity contribution is 5.38. The molecule has 1 atom stereocenters. The van der Waals surface area contributed by atoms with Crippen LogP contribution in [0, 0.1) is 0 Å². The molecular formula is C13H20N2O. The third-order valence-electron chi connectivity index (χ3n) is 2.23. The second-order valence-corrected chi connectivity index (χ2v) is 3.86. The summed E-state index contributed by atoms with van der Waals surface area (Å²) in [5, 5.41) is 0. The second-order valence-electron chi connectivity index (χ2n) is 3.86. The van der Waals surface area contributed by atoms with Gasteiger partial charge in [0.05, 0.1) is 12.6 Å². The summed E-state index contributed by atoms with van der Waals surface area (Å²) in [7, 11) is 0. The molecule has 1 aromatic rings. The number of allylic oxidation sites excluding steroid dienone is 1. The number of ether oxygens (including phenoxy) is 1. The number of benzene rings is 1. The van der Waals surface area contributed by atoms with Crippen LogP contribution in [-0.2, 0) is 0 Å². The quantitative estimate of drug-likeness (QED) is 0.455. The summed E-state index contributed by atoms with van der Waals surface area (Å²) in [6.07, 6.45) is 2.08. The smallest absolute Gasteiger partial charge is 0.124 e. The van der Waals surface area contributed by atoms with Crippen molar-refractivity contribution < 1.29 is 4.74 Å². The van der Waals surface area contributed by atoms with E-state index in [1.807, 2.05) is 45.0 Å². The van der Waals surface area contributed by atoms with Crippen LogP contribution in [-0.4, -0.2) is 6.61 Å². The monoisotopic (exact) mass is 220 g/mol. The highest BCUT2D eigenvalue weighted by Crippen LogP contribution is 2.26. The Morgan fingerprint density at radius 1 is 1.44 bits per heavy atom. The summed E-state index contributed by atoms with van der Waals surface area (Å²) in [6.45, 7) is 6.73. The van der Waals surface area contributed by atoms with Gasteiger partial charge in [-0.25, -0.2) is 5.43 Å². The van der Waals surface area contributed by atoms with Crippen molar-refractivity contribution in [1.29, 1.82) is 0 Å². The maximum absolute atomic E-state index is 5.58. The van der Waals surface area contributed by atoms with Crippen LogP contribution in [0.15, 0.2) is 35.9 Å². The molecule has 0 aliphatic rings. The molecule has 0 fully saturated rings. The summed E-state index contributed by atoms with van der Waals surface area (Å²) in [4.78, 5) is 0. The number of hydrogen-bond acceptors (Lipinski definition) is 3. The van der Waals surface area contributed by atoms with E-state index in [9.17, 15) is 0 Å². The molecule has 1 unspecified atom stereocenters. The minimum absolute atomic E-state index is 0.00671. The first-order valence-corrected chi connectivity index (χ1v) is 5.52. The van der Waals surface area contributed by atoms with E-state index >= 15 is 0 Å². The minimum atomic E-state index is -0.00671. The van der Waals surface area contributed by atoms with E-state index in [1.54, 1.807) is 0 Å². The largest absolute Gasteiger partial charge is 0.494 e. The normalized spacial score (nSPS) is 12.0. The lowest BCUT2D eigenvalue weighted by Gasteiger charge is -2.17. The van der Waals surface area contributed by atoms with E-state index in [1.165, 1.54) is 5.57 Å². The Kier molecular flexibility index (Phi) is 5.02. The number of rotatable bonds is 5. The Labute approximate surface area is 97.3 Å². The van der Waals surface area contributed by atoms with Gasteiger partial charge in [-0.3, -0.25) is 5.84 Å². The minimum Gasteiger partial charge on any atom is -0.494 e. The predicted octanol–water partition coefficient (Wildman–Crippen LogP) is 2.56. The molecule has 88 valence electrons. The number of nitrogens with one attached hydrogen (secondary N) is 1. The summed E-state index contributed by atoms with van der Waals surface area (Å²) in [6, 6.07) is 7.93. The number of nitrogens with two attached hydrogens (primary N) is 1. The third-order valence-corrected chi connectivity index (χ3v) is 2.23. The van der Waals surface area contributed by atoms with Gasteiger partial charge in [-0.2, -0.15) is 0 Å². The Balaban J connectivity index is 3.03. The summed E-state index contributed by atoms with van der Waals surface area (Å²) < 4.78 is 5.58. The molecule has 0 saturated carbocycles. The van der Waals surface area contributed by atoms with Gasteiger partial charge >= 0.3 is 0 Å². The van der Waals surface area contributed by atoms with E-state index in [4.69, 9.17) is 10.6 Å². The second kappa shape index (κ2) is 6.30. The number of hydrazine groups is 1. The van der Waals surface area contributed by atoms with Gasteiger partial charge in [-0.15, -0.1) is 0 Å². The van der Waals surface area contributed by atoms with Crippen molar-refractivity contribution in [1.82, 2.24) is 5.43 Å². The topological polar surface area (TPSA) is 47.3 Å². The average molecular weight is 220 g/mol. The first-order valence-electron chi connectivity index (χ1n) is 5.52. The molecule has 3 N–H and O–H groups in total. The molecule has 0 aliphatic heterocycles. The van der Waals surface area contributed by atoms with Crippen LogP contribution >= 0.6 is 0 Å². The van der Waals surface area contributed by atoms with Crippen LogP contribution in [0.3, 0.4) is 0 Å². The fraction of sp³-hybridized carbons (Fsp3) is 0.385. The van der Waals surface area contributed by atoms with Crippen molar-refractivity contribution in [3.05, 3.63) is 41.5 Å². The molecular weight excluding hydrogens is 200 g/mol. The lowest BCUT2D eigenvalue weighted by molar-refractivity contribution is 0.334. The van der Waals surface area contributed by atoms with Gasteiger partial charge in [-0.1, -0.05) is 29.8 Å². The van der Waals surface area contributed by atoms with Crippen molar-refractivity contribution >= 4 is 0 Å². The van der Waals surface area contributed by atoms with Crippen molar-refractivity contribution in [3.63, 3.8) is 0 Å². The van der Waals surface area contributed by atoms with Gasteiger partial charge in [-0.05, 0) is 26.8 Å². The van der Waals surface area contributed by atoms with Crippen molar-refractivity contribution in [3.8, 4) is 5.75 Å². The van der Waals surface area contributed by atoms with Crippen molar-refractivity contribution in [2.75, 3.05) is 6.61 Å². The standard InChI is InChI=1S/C13H20N2O/c1-4-16-13-8-6-5-7-11(13)12(15-14)9-10(2)3/h5-9,12,15H,4,14H2,1-3H3. The fourth-order valence-corrected chi connectivity index (χ4v) is 1.59. The van der Waals surface area contributed by atoms with E-state index in [0.717, 1.165) is 11.3 Å². The van der Waals surface area contributed by atoms with Gasteiger partial charge < -0.3 is 4.74 Å². The van der Waals surface area contributed by atoms with Gasteiger partial charge in [0.25, 0.3) is 0 Å². The highest BCUT2D eigenvalue weighted by atomic mass is 16.5. The average Bonchev–Trinajstić information content (AvgIpc) is 2.27. The van der Waals surface area contributed by atoms with Crippen LogP contribution in [0.2, 0.25) is 0 Å². The Hall–Kier alpha value is -1.32. The van der Waals surface area contributed by atoms with Crippen LogP contribution in [0.25, 0.3) is 0 Å². The van der Waals surface area contributed by atoms with E-state index in [2.05, 4.69) is 11.5 Å². The SMILES string of the molecule is CCOc1ccccc1C(C=C(C)C)NN. The zero-order valence-electron chi connectivity index (χ0n) is 10.2. The maximum atomic E-state index is 5.58. The zero-order chi connectivity index (χ0) is 12.0. The molecule has 0 bridgehead atoms. The molecule has 0 radical (unpaired) electrons. The Morgan fingerprint density at radius 2 is 2.12 bits per heavy atom. The van der Waals surface area contributed by atoms with Crippen molar-refractivity contribution in [2.45, 2.75) is 26.8 Å². The molecule has 0 aliphatic carbocycles. The first kappa shape index (κ1) is 12.7. The molecule has 16 heavy (non-hydrogen) atoms. The number of hydrogen-bond donors (Lipinski definition) is 2. The highest BCUT2D eigenvalue weighted by Gasteiger charge is 2.11.